The zero-order valence-corrected chi connectivity index (χ0v) is 50.6. The Morgan fingerprint density at radius 3 is 1.41 bits per heavy atom. The highest BCUT2D eigenvalue weighted by atomic mass is 16.6. The van der Waals surface area contributed by atoms with E-state index in [4.69, 9.17) is 52.1 Å². The second-order valence-electron chi connectivity index (χ2n) is 22.8. The van der Waals surface area contributed by atoms with Crippen molar-refractivity contribution in [3.05, 3.63) is 144 Å². The standard InChI is InChI=1S/C71H86O15/c1-5-21-56-44-62(85-67(73)57-24-22-54-42-60(29-26-52(54)40-57)80-36-17-13-14-20-39-83-66(72)6-2)31-33-63(56)86-69(75)58-25-23-55-43-61(30-27-53(55)41-58)84-68(74)59-28-32-64(81-37-18-11-9-15-34-76-46-70(7-3)48-78-49-70)65(45-59)82-38-19-12-10-16-35-77-47-71(8-4)50-79-51-71/h6,22-33,40-45H,2,5,7-21,34-39,46-51H2,1,3-4H3. The average molecular weight is 1180 g/mol. The Morgan fingerprint density at radius 2 is 0.872 bits per heavy atom. The summed E-state index contributed by atoms with van der Waals surface area (Å²) in [6.45, 7) is 17.9. The van der Waals surface area contributed by atoms with Gasteiger partial charge in [0.15, 0.2) is 11.5 Å². The highest BCUT2D eigenvalue weighted by Crippen LogP contribution is 2.35. The van der Waals surface area contributed by atoms with E-state index in [1.807, 2.05) is 31.2 Å². The molecule has 2 aliphatic rings. The minimum Gasteiger partial charge on any atom is -0.494 e. The maximum absolute atomic E-state index is 13.7. The number of unbranched alkanes of at least 4 members (excludes halogenated alkanes) is 9. The molecule has 0 aromatic heterocycles. The van der Waals surface area contributed by atoms with Crippen LogP contribution in [0.25, 0.3) is 21.5 Å². The quantitative estimate of drug-likeness (QED) is 0.0154. The predicted octanol–water partition coefficient (Wildman–Crippen LogP) is 15.0. The fourth-order valence-electron chi connectivity index (χ4n) is 10.2. The molecular weight excluding hydrogens is 1090 g/mol. The van der Waals surface area contributed by atoms with Gasteiger partial charge in [-0.05, 0) is 196 Å². The Kier molecular flexibility index (Phi) is 25.2. The van der Waals surface area contributed by atoms with Crippen molar-refractivity contribution in [2.75, 3.05) is 79.3 Å². The van der Waals surface area contributed by atoms with Crippen LogP contribution in [0.5, 0.6) is 34.5 Å². The summed E-state index contributed by atoms with van der Waals surface area (Å²) in [5, 5.41) is 3.29. The molecule has 2 heterocycles. The number of fused-ring (bicyclic) bond motifs is 2. The van der Waals surface area contributed by atoms with E-state index in [1.54, 1.807) is 84.9 Å². The molecule has 2 saturated heterocycles. The molecule has 6 aromatic rings. The minimum atomic E-state index is -0.549. The van der Waals surface area contributed by atoms with Gasteiger partial charge in [0, 0.05) is 30.1 Å². The van der Waals surface area contributed by atoms with E-state index in [9.17, 15) is 19.2 Å². The molecule has 86 heavy (non-hydrogen) atoms. The van der Waals surface area contributed by atoms with E-state index in [1.165, 1.54) is 6.08 Å². The maximum atomic E-state index is 13.7. The molecule has 8 rings (SSSR count). The third-order valence-corrected chi connectivity index (χ3v) is 16.0. The topological polar surface area (TPSA) is 170 Å². The highest BCUT2D eigenvalue weighted by molar-refractivity contribution is 5.98. The van der Waals surface area contributed by atoms with E-state index in [0.29, 0.717) is 78.3 Å². The minimum absolute atomic E-state index is 0.193. The van der Waals surface area contributed by atoms with E-state index in [0.717, 1.165) is 182 Å². The lowest BCUT2D eigenvalue weighted by molar-refractivity contribution is -0.150. The molecule has 6 aromatic carbocycles. The highest BCUT2D eigenvalue weighted by Gasteiger charge is 2.37. The first-order chi connectivity index (χ1) is 42.0. The van der Waals surface area contributed by atoms with Crippen molar-refractivity contribution in [2.24, 2.45) is 10.8 Å². The Hall–Kier alpha value is -7.30. The first-order valence-electron chi connectivity index (χ1n) is 31.0. The molecule has 0 aliphatic carbocycles. The molecule has 460 valence electrons. The Morgan fingerprint density at radius 1 is 0.442 bits per heavy atom. The third kappa shape index (κ3) is 19.4. The van der Waals surface area contributed by atoms with Gasteiger partial charge >= 0.3 is 23.9 Å². The number of rotatable bonds is 39. The van der Waals surface area contributed by atoms with Crippen molar-refractivity contribution in [1.82, 2.24) is 0 Å². The number of hydrogen-bond donors (Lipinski definition) is 0. The summed E-state index contributed by atoms with van der Waals surface area (Å²) in [5.74, 6) is 0.847. The molecule has 0 saturated carbocycles. The zero-order valence-electron chi connectivity index (χ0n) is 50.6. The summed E-state index contributed by atoms with van der Waals surface area (Å²) in [7, 11) is 0. The number of carbonyl (C=O) groups is 4. The molecule has 15 nitrogen and oxygen atoms in total. The Balaban J connectivity index is 0.811. The number of benzene rings is 6. The fourth-order valence-corrected chi connectivity index (χ4v) is 10.2. The van der Waals surface area contributed by atoms with E-state index in [2.05, 4.69) is 20.4 Å². The van der Waals surface area contributed by atoms with Gasteiger partial charge in [0.25, 0.3) is 0 Å². The first-order valence-corrected chi connectivity index (χ1v) is 31.0. The predicted molar refractivity (Wildman–Crippen MR) is 331 cm³/mol. The summed E-state index contributed by atoms with van der Waals surface area (Å²) in [6, 6.07) is 31.7. The van der Waals surface area contributed by atoms with Gasteiger partial charge in [0.2, 0.25) is 0 Å². The molecule has 15 heteroatoms. The SMILES string of the molecule is C=CC(=O)OCCCCCCOc1ccc2cc(C(=O)Oc3ccc(OC(=O)c4ccc5cc(OC(=O)c6ccc(OCCCCCCOCC7(CC)COC7)c(OCCCCCCOCC7(CC)COC7)c6)ccc5c4)c(CCC)c3)ccc2c1. The number of carbonyl (C=O) groups excluding carboxylic acids is 4. The van der Waals surface area contributed by atoms with Crippen LogP contribution in [-0.2, 0) is 34.9 Å². The summed E-state index contributed by atoms with van der Waals surface area (Å²) in [5.41, 5.74) is 2.16. The van der Waals surface area contributed by atoms with Crippen molar-refractivity contribution >= 4 is 45.4 Å². The maximum Gasteiger partial charge on any atom is 0.343 e. The second kappa shape index (κ2) is 33.6. The van der Waals surface area contributed by atoms with Crippen LogP contribution in [0.15, 0.2) is 122 Å². The number of esters is 4. The Labute approximate surface area is 506 Å². The molecule has 2 fully saturated rings. The van der Waals surface area contributed by atoms with Crippen LogP contribution in [0, 0.1) is 10.8 Å². The van der Waals surface area contributed by atoms with Gasteiger partial charge < -0.3 is 52.1 Å². The Bertz CT molecular complexity index is 3170. The summed E-state index contributed by atoms with van der Waals surface area (Å²) < 4.78 is 64.1. The van der Waals surface area contributed by atoms with Crippen molar-refractivity contribution in [1.29, 1.82) is 0 Å². The van der Waals surface area contributed by atoms with Crippen LogP contribution in [-0.4, -0.2) is 103 Å². The molecule has 2 aliphatic heterocycles. The van der Waals surface area contributed by atoms with Gasteiger partial charge in [-0.3, -0.25) is 0 Å². The lowest BCUT2D eigenvalue weighted by Crippen LogP contribution is -2.45. The normalized spacial score (nSPS) is 13.9. The van der Waals surface area contributed by atoms with Gasteiger partial charge in [-0.25, -0.2) is 19.2 Å². The largest absolute Gasteiger partial charge is 0.494 e. The molecular formula is C71H86O15. The second-order valence-corrected chi connectivity index (χ2v) is 22.8. The zero-order chi connectivity index (χ0) is 60.4. The van der Waals surface area contributed by atoms with Crippen LogP contribution in [0.4, 0.5) is 0 Å². The first kappa shape index (κ1) is 64.7. The van der Waals surface area contributed by atoms with Gasteiger partial charge in [0.05, 0.1) is 82.8 Å². The summed E-state index contributed by atoms with van der Waals surface area (Å²) in [6.07, 6.45) is 16.0. The van der Waals surface area contributed by atoms with Crippen molar-refractivity contribution < 1.29 is 71.3 Å². The van der Waals surface area contributed by atoms with Crippen LogP contribution in [0.3, 0.4) is 0 Å². The lowest BCUT2D eigenvalue weighted by atomic mass is 9.84. The summed E-state index contributed by atoms with van der Waals surface area (Å²) >= 11 is 0. The van der Waals surface area contributed by atoms with Crippen LogP contribution in [0.2, 0.25) is 0 Å². The van der Waals surface area contributed by atoms with Crippen molar-refractivity contribution in [3.63, 3.8) is 0 Å². The molecule has 0 radical (unpaired) electrons. The monoisotopic (exact) mass is 1180 g/mol. The van der Waals surface area contributed by atoms with Crippen LogP contribution < -0.4 is 28.4 Å². The van der Waals surface area contributed by atoms with Gasteiger partial charge in [-0.2, -0.15) is 0 Å². The summed E-state index contributed by atoms with van der Waals surface area (Å²) in [4.78, 5) is 52.0. The van der Waals surface area contributed by atoms with E-state index >= 15 is 0 Å². The van der Waals surface area contributed by atoms with Gasteiger partial charge in [0.1, 0.15) is 23.0 Å². The third-order valence-electron chi connectivity index (χ3n) is 16.0. The average Bonchev–Trinajstić information content (AvgIpc) is 2.80. The van der Waals surface area contributed by atoms with E-state index < -0.39 is 23.9 Å². The molecule has 0 amide bonds. The molecule has 0 bridgehead atoms. The molecule has 0 spiro atoms. The van der Waals surface area contributed by atoms with Crippen molar-refractivity contribution in [3.8, 4) is 34.5 Å². The number of ether oxygens (including phenoxy) is 11. The van der Waals surface area contributed by atoms with Crippen molar-refractivity contribution in [2.45, 2.75) is 124 Å². The molecule has 0 atom stereocenters. The molecule has 0 unspecified atom stereocenters. The van der Waals surface area contributed by atoms with E-state index in [-0.39, 0.29) is 10.8 Å². The van der Waals surface area contributed by atoms with Crippen LogP contribution in [0.1, 0.15) is 154 Å². The number of hydrogen-bond acceptors (Lipinski definition) is 15. The number of aryl methyl sites for hydroxylation is 1. The molecule has 0 N–H and O–H groups in total. The van der Waals surface area contributed by atoms with Crippen LogP contribution >= 0.6 is 0 Å². The van der Waals surface area contributed by atoms with Gasteiger partial charge in [-0.15, -0.1) is 0 Å². The smallest absolute Gasteiger partial charge is 0.343 e. The van der Waals surface area contributed by atoms with Gasteiger partial charge in [-0.1, -0.05) is 70.9 Å². The fraction of sp³-hybridized carbons (Fsp3) is 0.465. The lowest BCUT2D eigenvalue weighted by Gasteiger charge is -2.40.